The number of likely N-dealkylation sites (tertiary alicyclic amines) is 1. The number of hydrogen-bond donors (Lipinski definition) is 3. The Bertz CT molecular complexity index is 764. The maximum Gasteiger partial charge on any atom is 0.222 e. The molecule has 4 N–H and O–H groups in total. The first-order valence-electron chi connectivity index (χ1n) is 11.6. The zero-order chi connectivity index (χ0) is 22.3. The Morgan fingerprint density at radius 3 is 2.66 bits per heavy atom. The van der Waals surface area contributed by atoms with Gasteiger partial charge in [-0.25, -0.2) is 4.98 Å². The topological polar surface area (TPSA) is 98.9 Å². The summed E-state index contributed by atoms with van der Waals surface area (Å²) in [6.45, 7) is 9.90. The van der Waals surface area contributed by atoms with Crippen LogP contribution in [0.3, 0.4) is 0 Å². The van der Waals surface area contributed by atoms with Crippen LogP contribution in [0.25, 0.3) is 0 Å². The van der Waals surface area contributed by atoms with Crippen molar-refractivity contribution >= 4 is 41.7 Å². The third-order valence-corrected chi connectivity index (χ3v) is 6.56. The quantitative estimate of drug-likeness (QED) is 0.271. The Kier molecular flexibility index (Phi) is 10.5. The number of rotatable bonds is 7. The molecule has 0 saturated carbocycles. The number of anilines is 1. The molecular weight excluding hydrogens is 517 g/mol. The maximum atomic E-state index is 11.7. The van der Waals surface area contributed by atoms with Crippen molar-refractivity contribution in [1.29, 1.82) is 0 Å². The minimum absolute atomic E-state index is 0. The Labute approximate surface area is 209 Å². The number of aliphatic imine (C=N–C) groups is 1. The monoisotopic (exact) mass is 557 g/mol. The van der Waals surface area contributed by atoms with Gasteiger partial charge in [-0.3, -0.25) is 14.7 Å². The normalized spacial score (nSPS) is 20.4. The predicted molar refractivity (Wildman–Crippen MR) is 141 cm³/mol. The molecule has 3 heterocycles. The van der Waals surface area contributed by atoms with Crippen molar-refractivity contribution in [3.05, 3.63) is 23.9 Å². The van der Waals surface area contributed by atoms with E-state index in [1.165, 1.54) is 32.4 Å². The van der Waals surface area contributed by atoms with E-state index < -0.39 is 0 Å². The van der Waals surface area contributed by atoms with Gasteiger partial charge in [0.2, 0.25) is 5.91 Å². The van der Waals surface area contributed by atoms with E-state index in [1.807, 2.05) is 6.07 Å². The number of amides is 1. The molecule has 1 aromatic rings. The lowest BCUT2D eigenvalue weighted by Crippen LogP contribution is -2.54. The second-order valence-corrected chi connectivity index (χ2v) is 9.31. The molecule has 0 spiro atoms. The molecule has 32 heavy (non-hydrogen) atoms. The highest BCUT2D eigenvalue weighted by Crippen LogP contribution is 2.24. The third kappa shape index (κ3) is 7.19. The van der Waals surface area contributed by atoms with E-state index in [0.717, 1.165) is 43.3 Å². The fourth-order valence-corrected chi connectivity index (χ4v) is 4.57. The van der Waals surface area contributed by atoms with Gasteiger partial charge < -0.3 is 21.3 Å². The largest absolute Gasteiger partial charge is 0.369 e. The van der Waals surface area contributed by atoms with E-state index in [2.05, 4.69) is 50.3 Å². The lowest BCUT2D eigenvalue weighted by atomic mass is 9.97. The molecular formula is C23H40IN7O. The number of nitrogens with one attached hydrogen (secondary N) is 2. The fraction of sp³-hybridized carbons (Fsp3) is 0.696. The third-order valence-electron chi connectivity index (χ3n) is 6.56. The van der Waals surface area contributed by atoms with Gasteiger partial charge in [0.05, 0.1) is 5.92 Å². The molecule has 0 bridgehead atoms. The van der Waals surface area contributed by atoms with Crippen molar-refractivity contribution < 1.29 is 4.79 Å². The van der Waals surface area contributed by atoms with Crippen LogP contribution in [0.5, 0.6) is 0 Å². The summed E-state index contributed by atoms with van der Waals surface area (Å²) in [6, 6.07) is 4.03. The van der Waals surface area contributed by atoms with Crippen LogP contribution < -0.4 is 21.3 Å². The Balaban J connectivity index is 0.00000363. The maximum absolute atomic E-state index is 11.7. The number of carbonyl (C=O) groups excluding carboxylic acids is 1. The first-order chi connectivity index (χ1) is 14.9. The molecule has 1 unspecified atom stereocenters. The van der Waals surface area contributed by atoms with Crippen LogP contribution >= 0.6 is 24.0 Å². The number of pyridine rings is 1. The van der Waals surface area contributed by atoms with Crippen LogP contribution in [-0.4, -0.2) is 67.1 Å². The molecule has 1 aromatic heterocycles. The van der Waals surface area contributed by atoms with E-state index in [1.54, 1.807) is 13.2 Å². The summed E-state index contributed by atoms with van der Waals surface area (Å²) in [5.41, 5.74) is 6.73. The second-order valence-electron chi connectivity index (χ2n) is 9.31. The number of hydrogen-bond acceptors (Lipinski definition) is 5. The summed E-state index contributed by atoms with van der Waals surface area (Å²) in [5, 5.41) is 6.94. The Hall–Kier alpha value is -1.62. The van der Waals surface area contributed by atoms with Crippen molar-refractivity contribution in [2.45, 2.75) is 58.0 Å². The standard InChI is InChI=1S/C23H39N7O.HI/c1-23(2,30-13-5-4-6-14-30)17-28-22(25-3)27-15-18-9-7-11-26-21(18)29-12-8-10-19(16-29)20(24)31;/h7,9,11,19H,4-6,8,10,12-17H2,1-3H3,(H2,24,31)(H2,25,27,28);1H. The highest BCUT2D eigenvalue weighted by Gasteiger charge is 2.28. The molecule has 180 valence electrons. The van der Waals surface area contributed by atoms with Gasteiger partial charge in [0.25, 0.3) is 0 Å². The molecule has 0 aliphatic carbocycles. The van der Waals surface area contributed by atoms with Gasteiger partial charge in [-0.1, -0.05) is 12.5 Å². The summed E-state index contributed by atoms with van der Waals surface area (Å²) in [5.74, 6) is 1.38. The van der Waals surface area contributed by atoms with Crippen molar-refractivity contribution in [2.24, 2.45) is 16.6 Å². The second kappa shape index (κ2) is 12.6. The molecule has 2 aliphatic rings. The van der Waals surface area contributed by atoms with Gasteiger partial charge in [0.15, 0.2) is 5.96 Å². The van der Waals surface area contributed by atoms with Crippen LogP contribution in [-0.2, 0) is 11.3 Å². The van der Waals surface area contributed by atoms with Gasteiger partial charge in [-0.2, -0.15) is 0 Å². The van der Waals surface area contributed by atoms with Gasteiger partial charge in [-0.15, -0.1) is 24.0 Å². The average Bonchev–Trinajstić information content (AvgIpc) is 2.80. The van der Waals surface area contributed by atoms with Crippen molar-refractivity contribution in [1.82, 2.24) is 20.5 Å². The molecule has 1 atom stereocenters. The lowest BCUT2D eigenvalue weighted by molar-refractivity contribution is -0.122. The molecule has 0 radical (unpaired) electrons. The van der Waals surface area contributed by atoms with E-state index in [0.29, 0.717) is 13.1 Å². The number of carbonyl (C=O) groups is 1. The zero-order valence-corrected chi connectivity index (χ0v) is 22.1. The van der Waals surface area contributed by atoms with Gasteiger partial charge in [0, 0.05) is 50.5 Å². The first kappa shape index (κ1) is 26.6. The highest BCUT2D eigenvalue weighted by molar-refractivity contribution is 14.0. The number of piperidine rings is 2. The smallest absolute Gasteiger partial charge is 0.222 e. The van der Waals surface area contributed by atoms with Gasteiger partial charge in [0.1, 0.15) is 5.82 Å². The molecule has 0 aromatic carbocycles. The van der Waals surface area contributed by atoms with Crippen molar-refractivity contribution in [3.8, 4) is 0 Å². The van der Waals surface area contributed by atoms with Crippen molar-refractivity contribution in [2.75, 3.05) is 44.7 Å². The number of halogens is 1. The number of aromatic nitrogens is 1. The van der Waals surface area contributed by atoms with Crippen LogP contribution in [0.15, 0.2) is 23.3 Å². The molecule has 2 fully saturated rings. The first-order valence-corrected chi connectivity index (χ1v) is 11.6. The summed E-state index contributed by atoms with van der Waals surface area (Å²) >= 11 is 0. The van der Waals surface area contributed by atoms with Crippen LogP contribution in [0.1, 0.15) is 51.5 Å². The van der Waals surface area contributed by atoms with E-state index in [9.17, 15) is 4.79 Å². The fourth-order valence-electron chi connectivity index (χ4n) is 4.57. The Morgan fingerprint density at radius 2 is 1.97 bits per heavy atom. The summed E-state index contributed by atoms with van der Waals surface area (Å²) in [4.78, 5) is 25.5. The predicted octanol–water partition coefficient (Wildman–Crippen LogP) is 2.33. The molecule has 9 heteroatoms. The number of primary amides is 1. The van der Waals surface area contributed by atoms with Gasteiger partial charge >= 0.3 is 0 Å². The van der Waals surface area contributed by atoms with Crippen LogP contribution in [0.2, 0.25) is 0 Å². The SMILES string of the molecule is CN=C(NCc1cccnc1N1CCCC(C(N)=O)C1)NCC(C)(C)N1CCCCC1.I. The highest BCUT2D eigenvalue weighted by atomic mass is 127. The average molecular weight is 558 g/mol. The summed E-state index contributed by atoms with van der Waals surface area (Å²) < 4.78 is 0. The number of nitrogens with zero attached hydrogens (tertiary/aromatic N) is 4. The molecule has 2 aliphatic heterocycles. The van der Waals surface area contributed by atoms with Crippen LogP contribution in [0.4, 0.5) is 5.82 Å². The molecule has 3 rings (SSSR count). The van der Waals surface area contributed by atoms with E-state index in [-0.39, 0.29) is 41.3 Å². The summed E-state index contributed by atoms with van der Waals surface area (Å²) in [6.07, 6.45) is 7.52. The van der Waals surface area contributed by atoms with E-state index >= 15 is 0 Å². The minimum Gasteiger partial charge on any atom is -0.369 e. The summed E-state index contributed by atoms with van der Waals surface area (Å²) in [7, 11) is 1.80. The molecule has 1 amide bonds. The van der Waals surface area contributed by atoms with Gasteiger partial charge in [-0.05, 0) is 58.7 Å². The minimum atomic E-state index is -0.221. The van der Waals surface area contributed by atoms with Crippen molar-refractivity contribution in [3.63, 3.8) is 0 Å². The Morgan fingerprint density at radius 1 is 1.22 bits per heavy atom. The number of nitrogens with two attached hydrogens (primary N) is 1. The molecule has 8 nitrogen and oxygen atoms in total. The van der Waals surface area contributed by atoms with E-state index in [4.69, 9.17) is 5.73 Å². The molecule has 2 saturated heterocycles. The van der Waals surface area contributed by atoms with Crippen LogP contribution in [0, 0.1) is 5.92 Å². The lowest BCUT2D eigenvalue weighted by Gasteiger charge is -2.41. The zero-order valence-electron chi connectivity index (χ0n) is 19.8. The number of guanidine groups is 1.